The quantitative estimate of drug-likeness (QED) is 0.652. The fourth-order valence-corrected chi connectivity index (χ4v) is 3.11. The molecule has 0 spiro atoms. The van der Waals surface area contributed by atoms with Crippen molar-refractivity contribution in [2.75, 3.05) is 0 Å². The van der Waals surface area contributed by atoms with Crippen LogP contribution >= 0.6 is 0 Å². The van der Waals surface area contributed by atoms with Crippen molar-refractivity contribution in [3.63, 3.8) is 0 Å². The molecule has 5 nitrogen and oxygen atoms in total. The summed E-state index contributed by atoms with van der Waals surface area (Å²) >= 11 is 0. The summed E-state index contributed by atoms with van der Waals surface area (Å²) < 4.78 is 5.24. The van der Waals surface area contributed by atoms with Crippen LogP contribution in [0.4, 0.5) is 4.79 Å². The van der Waals surface area contributed by atoms with Gasteiger partial charge in [-0.3, -0.25) is 4.79 Å². The third kappa shape index (κ3) is 7.34. The molecule has 0 bridgehead atoms. The maximum atomic E-state index is 12.7. The highest BCUT2D eigenvalue weighted by Crippen LogP contribution is 2.30. The maximum Gasteiger partial charge on any atom is 0.408 e. The van der Waals surface area contributed by atoms with Crippen LogP contribution in [0, 0.1) is 24.2 Å². The Bertz CT molecular complexity index is 647. The SMILES string of the molecule is C#C[C@H](CC1CCC1)NC(=O)[C@H](CC(C)C)NC(=O)OCc1ccccc1. The molecule has 0 unspecified atom stereocenters. The average Bonchev–Trinajstić information content (AvgIpc) is 2.61. The van der Waals surface area contributed by atoms with Crippen LogP contribution < -0.4 is 10.6 Å². The van der Waals surface area contributed by atoms with Crippen molar-refractivity contribution in [1.29, 1.82) is 0 Å². The molecule has 0 heterocycles. The Hall–Kier alpha value is -2.48. The number of alkyl carbamates (subject to hydrolysis) is 1. The van der Waals surface area contributed by atoms with E-state index in [4.69, 9.17) is 11.2 Å². The van der Waals surface area contributed by atoms with Gasteiger partial charge in [0.1, 0.15) is 12.6 Å². The van der Waals surface area contributed by atoms with E-state index in [1.54, 1.807) is 0 Å². The molecule has 0 radical (unpaired) electrons. The molecule has 0 saturated heterocycles. The number of carbonyl (C=O) groups excluding carboxylic acids is 2. The molecule has 146 valence electrons. The Kier molecular flexibility index (Phi) is 8.19. The predicted molar refractivity (Wildman–Crippen MR) is 106 cm³/mol. The maximum absolute atomic E-state index is 12.7. The highest BCUT2D eigenvalue weighted by molar-refractivity contribution is 5.86. The Morgan fingerprint density at radius 2 is 1.93 bits per heavy atom. The highest BCUT2D eigenvalue weighted by atomic mass is 16.5. The number of benzene rings is 1. The lowest BCUT2D eigenvalue weighted by molar-refractivity contribution is -0.124. The van der Waals surface area contributed by atoms with Crippen LogP contribution in [-0.2, 0) is 16.1 Å². The standard InChI is InChI=1S/C22H30N2O3/c1-4-19(14-17-11-8-12-17)23-21(25)20(13-16(2)3)24-22(26)27-15-18-9-6-5-7-10-18/h1,5-7,9-10,16-17,19-20H,8,11-15H2,2-3H3,(H,23,25)(H,24,26)/t19-,20+/m1/s1. The largest absolute Gasteiger partial charge is 0.445 e. The lowest BCUT2D eigenvalue weighted by Crippen LogP contribution is -2.50. The van der Waals surface area contributed by atoms with Gasteiger partial charge in [0.2, 0.25) is 5.91 Å². The molecule has 1 aliphatic carbocycles. The van der Waals surface area contributed by atoms with Gasteiger partial charge in [-0.1, -0.05) is 69.4 Å². The third-order valence-electron chi connectivity index (χ3n) is 4.84. The molecule has 1 fully saturated rings. The van der Waals surface area contributed by atoms with Crippen molar-refractivity contribution >= 4 is 12.0 Å². The van der Waals surface area contributed by atoms with Gasteiger partial charge in [-0.25, -0.2) is 4.79 Å². The van der Waals surface area contributed by atoms with Gasteiger partial charge in [0.25, 0.3) is 0 Å². The Labute approximate surface area is 162 Å². The molecule has 1 saturated carbocycles. The second-order valence-corrected chi connectivity index (χ2v) is 7.65. The van der Waals surface area contributed by atoms with E-state index in [0.29, 0.717) is 12.3 Å². The van der Waals surface area contributed by atoms with E-state index in [1.165, 1.54) is 19.3 Å². The molecule has 2 N–H and O–H groups in total. The van der Waals surface area contributed by atoms with E-state index in [2.05, 4.69) is 16.6 Å². The fraction of sp³-hybridized carbons (Fsp3) is 0.545. The van der Waals surface area contributed by atoms with E-state index in [-0.39, 0.29) is 24.5 Å². The predicted octanol–water partition coefficient (Wildman–Crippen LogP) is 3.64. The summed E-state index contributed by atoms with van der Waals surface area (Å²) in [5.41, 5.74) is 0.894. The monoisotopic (exact) mass is 370 g/mol. The summed E-state index contributed by atoms with van der Waals surface area (Å²) in [5.74, 6) is 3.25. The topological polar surface area (TPSA) is 67.4 Å². The number of amides is 2. The van der Waals surface area contributed by atoms with E-state index in [0.717, 1.165) is 12.0 Å². The van der Waals surface area contributed by atoms with Crippen molar-refractivity contribution in [3.8, 4) is 12.3 Å². The minimum atomic E-state index is -0.662. The number of nitrogens with one attached hydrogen (secondary N) is 2. The average molecular weight is 370 g/mol. The normalized spacial score (nSPS) is 15.9. The van der Waals surface area contributed by atoms with E-state index in [1.807, 2.05) is 44.2 Å². The van der Waals surface area contributed by atoms with Crippen LogP contribution in [0.2, 0.25) is 0 Å². The number of ether oxygens (including phenoxy) is 1. The second-order valence-electron chi connectivity index (χ2n) is 7.65. The van der Waals surface area contributed by atoms with Crippen LogP contribution in [-0.4, -0.2) is 24.1 Å². The van der Waals surface area contributed by atoms with Crippen LogP contribution in [0.5, 0.6) is 0 Å². The summed E-state index contributed by atoms with van der Waals surface area (Å²) in [4.78, 5) is 24.8. The lowest BCUT2D eigenvalue weighted by atomic mass is 9.81. The molecule has 0 aliphatic heterocycles. The smallest absolute Gasteiger partial charge is 0.408 e. The third-order valence-corrected chi connectivity index (χ3v) is 4.84. The van der Waals surface area contributed by atoms with Gasteiger partial charge >= 0.3 is 6.09 Å². The van der Waals surface area contributed by atoms with Crippen LogP contribution in [0.1, 0.15) is 51.5 Å². The van der Waals surface area contributed by atoms with Gasteiger partial charge in [-0.15, -0.1) is 6.42 Å². The van der Waals surface area contributed by atoms with Gasteiger partial charge in [0.05, 0.1) is 6.04 Å². The van der Waals surface area contributed by atoms with Crippen molar-refractivity contribution in [2.45, 2.75) is 64.6 Å². The zero-order chi connectivity index (χ0) is 19.6. The van der Waals surface area contributed by atoms with E-state index >= 15 is 0 Å². The Morgan fingerprint density at radius 3 is 2.48 bits per heavy atom. The molecule has 5 heteroatoms. The number of hydrogen-bond donors (Lipinski definition) is 2. The first-order valence-electron chi connectivity index (χ1n) is 9.71. The number of carbonyl (C=O) groups is 2. The summed E-state index contributed by atoms with van der Waals surface area (Å²) in [6.07, 6.45) is 9.89. The molecular formula is C22H30N2O3. The molecule has 0 aromatic heterocycles. The summed E-state index contributed by atoms with van der Waals surface area (Å²) in [5, 5.41) is 5.59. The number of hydrogen-bond acceptors (Lipinski definition) is 3. The van der Waals surface area contributed by atoms with Crippen molar-refractivity contribution in [1.82, 2.24) is 10.6 Å². The van der Waals surface area contributed by atoms with Crippen molar-refractivity contribution < 1.29 is 14.3 Å². The minimum Gasteiger partial charge on any atom is -0.445 e. The summed E-state index contributed by atoms with van der Waals surface area (Å²) in [7, 11) is 0. The highest BCUT2D eigenvalue weighted by Gasteiger charge is 2.27. The molecule has 1 aromatic carbocycles. The molecule has 2 amide bonds. The Morgan fingerprint density at radius 1 is 1.22 bits per heavy atom. The van der Waals surface area contributed by atoms with Gasteiger partial charge in [0.15, 0.2) is 0 Å². The first-order valence-corrected chi connectivity index (χ1v) is 9.71. The van der Waals surface area contributed by atoms with Gasteiger partial charge in [-0.2, -0.15) is 0 Å². The first-order chi connectivity index (χ1) is 13.0. The molecule has 27 heavy (non-hydrogen) atoms. The molecule has 2 atom stereocenters. The van der Waals surface area contributed by atoms with Gasteiger partial charge in [-0.05, 0) is 30.2 Å². The number of terminal acetylenes is 1. The fourth-order valence-electron chi connectivity index (χ4n) is 3.11. The van der Waals surface area contributed by atoms with E-state index in [9.17, 15) is 9.59 Å². The minimum absolute atomic E-state index is 0.164. The first kappa shape index (κ1) is 20.8. The molecule has 2 rings (SSSR count). The van der Waals surface area contributed by atoms with Crippen LogP contribution in [0.25, 0.3) is 0 Å². The van der Waals surface area contributed by atoms with E-state index < -0.39 is 12.1 Å². The number of rotatable bonds is 9. The lowest BCUT2D eigenvalue weighted by Gasteiger charge is -2.29. The Balaban J connectivity index is 1.87. The zero-order valence-corrected chi connectivity index (χ0v) is 16.2. The van der Waals surface area contributed by atoms with Gasteiger partial charge in [0, 0.05) is 0 Å². The zero-order valence-electron chi connectivity index (χ0n) is 16.2. The van der Waals surface area contributed by atoms with Crippen molar-refractivity contribution in [3.05, 3.63) is 35.9 Å². The van der Waals surface area contributed by atoms with Gasteiger partial charge < -0.3 is 15.4 Å². The molecule has 1 aliphatic rings. The van der Waals surface area contributed by atoms with Crippen LogP contribution in [0.15, 0.2) is 30.3 Å². The van der Waals surface area contributed by atoms with Crippen molar-refractivity contribution in [2.24, 2.45) is 11.8 Å². The molecule has 1 aromatic rings. The van der Waals surface area contributed by atoms with Crippen LogP contribution in [0.3, 0.4) is 0 Å². The summed E-state index contributed by atoms with van der Waals surface area (Å²) in [6, 6.07) is 8.47. The second kappa shape index (κ2) is 10.6. The summed E-state index contributed by atoms with van der Waals surface area (Å²) in [6.45, 7) is 4.17. The molecular weight excluding hydrogens is 340 g/mol.